The Kier molecular flexibility index (Phi) is 5.81. The molecule has 1 aromatic heterocycles. The summed E-state index contributed by atoms with van der Waals surface area (Å²) in [5.74, 6) is -0.451. The van der Waals surface area contributed by atoms with Crippen LogP contribution in [-0.2, 0) is 6.54 Å². The smallest absolute Gasteiger partial charge is 0.267 e. The highest BCUT2D eigenvalue weighted by molar-refractivity contribution is 9.10. The third-order valence-corrected chi connectivity index (χ3v) is 4.63. The van der Waals surface area contributed by atoms with Gasteiger partial charge in [-0.05, 0) is 37.1 Å². The lowest BCUT2D eigenvalue weighted by Gasteiger charge is -2.09. The van der Waals surface area contributed by atoms with Crippen LogP contribution in [0, 0.1) is 0 Å². The molecule has 1 amide bonds. The van der Waals surface area contributed by atoms with Crippen molar-refractivity contribution in [3.05, 3.63) is 74.6 Å². The van der Waals surface area contributed by atoms with E-state index in [1.807, 2.05) is 38.1 Å². The first-order valence-electron chi connectivity index (χ1n) is 8.61. The summed E-state index contributed by atoms with van der Waals surface area (Å²) in [6, 6.07) is 14.6. The molecule has 0 fully saturated rings. The fourth-order valence-corrected chi connectivity index (χ4v) is 2.97. The Morgan fingerprint density at radius 2 is 1.81 bits per heavy atom. The van der Waals surface area contributed by atoms with Crippen LogP contribution in [0.1, 0.15) is 36.3 Å². The number of hydrogen-bond donors (Lipinski definition) is 1. The van der Waals surface area contributed by atoms with Crippen LogP contribution < -0.4 is 11.0 Å². The molecule has 0 atom stereocenters. The number of hydrogen-bond acceptors (Lipinski definition) is 4. The zero-order valence-electron chi connectivity index (χ0n) is 15.1. The van der Waals surface area contributed by atoms with E-state index in [0.29, 0.717) is 23.0 Å². The van der Waals surface area contributed by atoms with Crippen molar-refractivity contribution in [2.45, 2.75) is 26.8 Å². The molecule has 1 N–H and O–H groups in total. The number of nitrogens with one attached hydrogen (secondary N) is 1. The van der Waals surface area contributed by atoms with Gasteiger partial charge in [0.2, 0.25) is 0 Å². The predicted octanol–water partition coefficient (Wildman–Crippen LogP) is 3.72. The van der Waals surface area contributed by atoms with Crippen molar-refractivity contribution >= 4 is 38.3 Å². The maximum absolute atomic E-state index is 12.7. The number of benzene rings is 2. The molecule has 1 heterocycles. The third-order valence-electron chi connectivity index (χ3n) is 4.11. The Bertz CT molecular complexity index is 1070. The molecule has 0 aliphatic rings. The molecule has 138 valence electrons. The van der Waals surface area contributed by atoms with Gasteiger partial charge in [0, 0.05) is 16.4 Å². The summed E-state index contributed by atoms with van der Waals surface area (Å²) < 4.78 is 2.31. The number of aryl methyl sites for hydroxylation is 1. The van der Waals surface area contributed by atoms with Crippen LogP contribution in [0.25, 0.3) is 10.8 Å². The number of halogens is 1. The number of aromatic nitrogens is 2. The number of rotatable bonds is 5. The van der Waals surface area contributed by atoms with Crippen LogP contribution in [-0.4, -0.2) is 21.4 Å². The number of carbonyl (C=O) groups is 1. The largest absolute Gasteiger partial charge is 0.292 e. The SMILES string of the molecule is CCCn1nc(C(=O)N/N=C(\C)c2ccc(Br)cc2)c2ccccc2c1=O. The van der Waals surface area contributed by atoms with Crippen molar-refractivity contribution < 1.29 is 4.79 Å². The summed E-state index contributed by atoms with van der Waals surface area (Å²) in [5.41, 5.74) is 4.11. The topological polar surface area (TPSA) is 76.3 Å². The minimum atomic E-state index is -0.451. The zero-order valence-corrected chi connectivity index (χ0v) is 16.7. The number of carbonyl (C=O) groups excluding carboxylic acids is 1. The molecule has 7 heteroatoms. The van der Waals surface area contributed by atoms with Gasteiger partial charge in [-0.3, -0.25) is 9.59 Å². The minimum absolute atomic E-state index is 0.186. The quantitative estimate of drug-likeness (QED) is 0.498. The van der Waals surface area contributed by atoms with Gasteiger partial charge in [-0.15, -0.1) is 0 Å². The normalized spacial score (nSPS) is 11.6. The van der Waals surface area contributed by atoms with Crippen LogP contribution in [0.2, 0.25) is 0 Å². The predicted molar refractivity (Wildman–Crippen MR) is 110 cm³/mol. The van der Waals surface area contributed by atoms with Crippen molar-refractivity contribution in [3.8, 4) is 0 Å². The molecule has 27 heavy (non-hydrogen) atoms. The summed E-state index contributed by atoms with van der Waals surface area (Å²) >= 11 is 3.39. The van der Waals surface area contributed by atoms with Gasteiger partial charge in [-0.2, -0.15) is 10.2 Å². The number of nitrogens with zero attached hydrogens (tertiary/aromatic N) is 3. The van der Waals surface area contributed by atoms with E-state index in [-0.39, 0.29) is 11.3 Å². The van der Waals surface area contributed by atoms with E-state index in [0.717, 1.165) is 16.5 Å². The van der Waals surface area contributed by atoms with Gasteiger partial charge >= 0.3 is 0 Å². The number of hydrazone groups is 1. The highest BCUT2D eigenvalue weighted by atomic mass is 79.9. The van der Waals surface area contributed by atoms with E-state index in [9.17, 15) is 9.59 Å². The molecule has 3 aromatic rings. The van der Waals surface area contributed by atoms with Gasteiger partial charge in [0.05, 0.1) is 11.1 Å². The maximum Gasteiger partial charge on any atom is 0.292 e. The van der Waals surface area contributed by atoms with Crippen LogP contribution in [0.5, 0.6) is 0 Å². The summed E-state index contributed by atoms with van der Waals surface area (Å²) in [5, 5.41) is 9.44. The van der Waals surface area contributed by atoms with Crippen LogP contribution in [0.4, 0.5) is 0 Å². The van der Waals surface area contributed by atoms with Crippen LogP contribution >= 0.6 is 15.9 Å². The Balaban J connectivity index is 1.95. The van der Waals surface area contributed by atoms with Crippen molar-refractivity contribution in [1.29, 1.82) is 0 Å². The van der Waals surface area contributed by atoms with Crippen molar-refractivity contribution in [3.63, 3.8) is 0 Å². The molecule has 0 aliphatic heterocycles. The van der Waals surface area contributed by atoms with E-state index in [1.54, 1.807) is 24.3 Å². The first kappa shape index (κ1) is 19.0. The first-order chi connectivity index (χ1) is 13.0. The van der Waals surface area contributed by atoms with E-state index in [4.69, 9.17) is 0 Å². The highest BCUT2D eigenvalue weighted by Crippen LogP contribution is 2.14. The van der Waals surface area contributed by atoms with Crippen LogP contribution in [0.15, 0.2) is 62.9 Å². The molecular formula is C20H19BrN4O2. The summed E-state index contributed by atoms with van der Waals surface area (Å²) in [4.78, 5) is 25.2. The Morgan fingerprint density at radius 3 is 2.48 bits per heavy atom. The molecule has 0 aliphatic carbocycles. The van der Waals surface area contributed by atoms with E-state index in [1.165, 1.54) is 4.68 Å². The lowest BCUT2D eigenvalue weighted by molar-refractivity contribution is 0.0949. The zero-order chi connectivity index (χ0) is 19.4. The van der Waals surface area contributed by atoms with Gasteiger partial charge < -0.3 is 0 Å². The Morgan fingerprint density at radius 1 is 1.15 bits per heavy atom. The molecule has 0 unspecified atom stereocenters. The van der Waals surface area contributed by atoms with Crippen molar-refractivity contribution in [2.24, 2.45) is 5.10 Å². The second-order valence-electron chi connectivity index (χ2n) is 6.07. The first-order valence-corrected chi connectivity index (χ1v) is 9.41. The number of amides is 1. The maximum atomic E-state index is 12.7. The summed E-state index contributed by atoms with van der Waals surface area (Å²) in [6.07, 6.45) is 0.743. The molecule has 6 nitrogen and oxygen atoms in total. The van der Waals surface area contributed by atoms with E-state index in [2.05, 4.69) is 31.6 Å². The second kappa shape index (κ2) is 8.26. The van der Waals surface area contributed by atoms with Gasteiger partial charge in [0.1, 0.15) is 0 Å². The number of fused-ring (bicyclic) bond motifs is 1. The summed E-state index contributed by atoms with van der Waals surface area (Å²) in [7, 11) is 0. The van der Waals surface area contributed by atoms with Gasteiger partial charge in [-0.1, -0.05) is 53.2 Å². The van der Waals surface area contributed by atoms with Crippen molar-refractivity contribution in [1.82, 2.24) is 15.2 Å². The van der Waals surface area contributed by atoms with E-state index < -0.39 is 5.91 Å². The Labute approximate surface area is 165 Å². The fraction of sp³-hybridized carbons (Fsp3) is 0.200. The highest BCUT2D eigenvalue weighted by Gasteiger charge is 2.16. The van der Waals surface area contributed by atoms with Gasteiger partial charge in [0.25, 0.3) is 11.5 Å². The molecule has 0 radical (unpaired) electrons. The molecule has 3 rings (SSSR count). The van der Waals surface area contributed by atoms with Crippen molar-refractivity contribution in [2.75, 3.05) is 0 Å². The molecule has 2 aromatic carbocycles. The van der Waals surface area contributed by atoms with Gasteiger partial charge in [-0.25, -0.2) is 10.1 Å². The Hall–Kier alpha value is -2.80. The lowest BCUT2D eigenvalue weighted by Crippen LogP contribution is -2.29. The molecule has 0 saturated carbocycles. The molecule has 0 bridgehead atoms. The van der Waals surface area contributed by atoms with Gasteiger partial charge in [0.15, 0.2) is 5.69 Å². The average molecular weight is 427 g/mol. The molecule has 0 saturated heterocycles. The third kappa shape index (κ3) is 4.14. The monoisotopic (exact) mass is 426 g/mol. The van der Waals surface area contributed by atoms with Crippen LogP contribution in [0.3, 0.4) is 0 Å². The fourth-order valence-electron chi connectivity index (χ4n) is 2.71. The standard InChI is InChI=1S/C20H19BrN4O2/c1-3-12-25-20(27)17-7-5-4-6-16(17)18(24-25)19(26)23-22-13(2)14-8-10-15(21)11-9-14/h4-11H,3,12H2,1-2H3,(H,23,26)/b22-13+. The summed E-state index contributed by atoms with van der Waals surface area (Å²) in [6.45, 7) is 4.22. The van der Waals surface area contributed by atoms with E-state index >= 15 is 0 Å². The molecular weight excluding hydrogens is 408 g/mol. The minimum Gasteiger partial charge on any atom is -0.267 e. The lowest BCUT2D eigenvalue weighted by atomic mass is 10.1. The average Bonchev–Trinajstić information content (AvgIpc) is 2.68. The second-order valence-corrected chi connectivity index (χ2v) is 6.98. The molecule has 0 spiro atoms.